The second kappa shape index (κ2) is 5.67. The van der Waals surface area contributed by atoms with Gasteiger partial charge in [-0.1, -0.05) is 12.5 Å². The molecule has 2 unspecified atom stereocenters. The Labute approximate surface area is 107 Å². The van der Waals surface area contributed by atoms with Gasteiger partial charge in [0.1, 0.15) is 17.7 Å². The molecule has 0 heterocycles. The Morgan fingerprint density at radius 3 is 2.78 bits per heavy atom. The molecule has 1 fully saturated rings. The summed E-state index contributed by atoms with van der Waals surface area (Å²) in [6, 6.07) is 4.15. The predicted octanol–water partition coefficient (Wildman–Crippen LogP) is 2.53. The Balaban J connectivity index is 2.18. The molecule has 1 aromatic carbocycles. The molecule has 0 aliphatic heterocycles. The van der Waals surface area contributed by atoms with Crippen molar-refractivity contribution in [2.75, 3.05) is 0 Å². The number of halogens is 1. The van der Waals surface area contributed by atoms with Crippen molar-refractivity contribution < 1.29 is 14.2 Å². The average molecular weight is 253 g/mol. The zero-order chi connectivity index (χ0) is 13.1. The van der Waals surface area contributed by atoms with Gasteiger partial charge in [-0.3, -0.25) is 0 Å². The first kappa shape index (κ1) is 13.3. The van der Waals surface area contributed by atoms with Crippen molar-refractivity contribution in [2.45, 2.75) is 50.9 Å². The maximum atomic E-state index is 13.3. The topological polar surface area (TPSA) is 55.5 Å². The minimum atomic E-state index is -0.469. The van der Waals surface area contributed by atoms with E-state index in [1.54, 1.807) is 6.07 Å². The largest absolute Gasteiger partial charge is 0.487 e. The molecule has 1 aliphatic carbocycles. The molecule has 100 valence electrons. The van der Waals surface area contributed by atoms with Crippen molar-refractivity contribution in [3.05, 3.63) is 29.6 Å². The summed E-state index contributed by atoms with van der Waals surface area (Å²) in [5.41, 5.74) is 6.61. The van der Waals surface area contributed by atoms with E-state index in [9.17, 15) is 9.50 Å². The van der Waals surface area contributed by atoms with Crippen molar-refractivity contribution in [1.82, 2.24) is 0 Å². The minimum Gasteiger partial charge on any atom is -0.487 e. The summed E-state index contributed by atoms with van der Waals surface area (Å²) in [6.45, 7) is 1.83. The third-order valence-electron chi connectivity index (χ3n) is 3.41. The van der Waals surface area contributed by atoms with Crippen LogP contribution in [0.25, 0.3) is 0 Å². The van der Waals surface area contributed by atoms with Gasteiger partial charge in [0.2, 0.25) is 0 Å². The number of aliphatic hydroxyl groups excluding tert-OH is 1. The predicted molar refractivity (Wildman–Crippen MR) is 67.9 cm³/mol. The van der Waals surface area contributed by atoms with E-state index in [1.807, 2.05) is 6.92 Å². The molecule has 0 bridgehead atoms. The highest BCUT2D eigenvalue weighted by atomic mass is 19.1. The van der Waals surface area contributed by atoms with Crippen LogP contribution in [0.15, 0.2) is 18.2 Å². The van der Waals surface area contributed by atoms with Crippen LogP contribution in [-0.2, 0) is 0 Å². The second-order valence-electron chi connectivity index (χ2n) is 4.98. The molecule has 18 heavy (non-hydrogen) atoms. The first-order valence-electron chi connectivity index (χ1n) is 6.47. The van der Waals surface area contributed by atoms with Gasteiger partial charge in [0.15, 0.2) is 0 Å². The molecule has 1 aromatic rings. The Kier molecular flexibility index (Phi) is 4.19. The molecular weight excluding hydrogens is 233 g/mol. The van der Waals surface area contributed by atoms with Crippen molar-refractivity contribution in [1.29, 1.82) is 0 Å². The summed E-state index contributed by atoms with van der Waals surface area (Å²) < 4.78 is 19.0. The number of rotatable bonds is 3. The van der Waals surface area contributed by atoms with Gasteiger partial charge in [0, 0.05) is 17.7 Å². The lowest BCUT2D eigenvalue weighted by Gasteiger charge is -2.29. The number of ether oxygens (including phenoxy) is 1. The normalized spacial score (nSPS) is 25.8. The van der Waals surface area contributed by atoms with Crippen LogP contribution < -0.4 is 10.5 Å². The van der Waals surface area contributed by atoms with Crippen molar-refractivity contribution >= 4 is 0 Å². The van der Waals surface area contributed by atoms with Crippen LogP contribution in [-0.4, -0.2) is 17.3 Å². The third kappa shape index (κ3) is 3.00. The highest BCUT2D eigenvalue weighted by molar-refractivity contribution is 5.36. The van der Waals surface area contributed by atoms with Crippen LogP contribution in [0.2, 0.25) is 0 Å². The maximum Gasteiger partial charge on any atom is 0.127 e. The standard InChI is InChI=1S/C14H20FNO2/c1-9(16)11-7-6-10(15)8-14(11)18-13-5-3-2-4-12(13)17/h6-9,12-13,17H,2-5,16H2,1H3/t9-,12?,13?/m1/s1. The SMILES string of the molecule is C[C@@H](N)c1ccc(F)cc1OC1CCCCC1O. The molecule has 0 saturated heterocycles. The quantitative estimate of drug-likeness (QED) is 0.870. The summed E-state index contributed by atoms with van der Waals surface area (Å²) in [5, 5.41) is 9.88. The van der Waals surface area contributed by atoms with Gasteiger partial charge in [-0.2, -0.15) is 0 Å². The minimum absolute atomic E-state index is 0.221. The smallest absolute Gasteiger partial charge is 0.127 e. The lowest BCUT2D eigenvalue weighted by atomic mass is 9.94. The molecule has 1 saturated carbocycles. The molecule has 1 aliphatic rings. The van der Waals surface area contributed by atoms with Gasteiger partial charge in [-0.25, -0.2) is 4.39 Å². The van der Waals surface area contributed by atoms with Crippen LogP contribution in [0.4, 0.5) is 4.39 Å². The van der Waals surface area contributed by atoms with Crippen LogP contribution in [0.5, 0.6) is 5.75 Å². The van der Waals surface area contributed by atoms with Gasteiger partial charge in [-0.05, 0) is 32.3 Å². The fourth-order valence-corrected chi connectivity index (χ4v) is 2.36. The van der Waals surface area contributed by atoms with E-state index in [2.05, 4.69) is 0 Å². The van der Waals surface area contributed by atoms with E-state index in [1.165, 1.54) is 12.1 Å². The van der Waals surface area contributed by atoms with E-state index in [0.29, 0.717) is 5.75 Å². The lowest BCUT2D eigenvalue weighted by molar-refractivity contribution is 0.00612. The lowest BCUT2D eigenvalue weighted by Crippen LogP contribution is -2.35. The molecular formula is C14H20FNO2. The first-order valence-corrected chi connectivity index (χ1v) is 6.47. The molecule has 3 nitrogen and oxygen atoms in total. The molecule has 0 spiro atoms. The van der Waals surface area contributed by atoms with Gasteiger partial charge in [0.25, 0.3) is 0 Å². The number of hydrogen-bond acceptors (Lipinski definition) is 3. The molecule has 3 atom stereocenters. The number of aliphatic hydroxyl groups is 1. The second-order valence-corrected chi connectivity index (χ2v) is 4.98. The average Bonchev–Trinajstić information content (AvgIpc) is 2.32. The molecule has 0 radical (unpaired) electrons. The van der Waals surface area contributed by atoms with Crippen LogP contribution in [0, 0.1) is 5.82 Å². The van der Waals surface area contributed by atoms with Crippen molar-refractivity contribution in [3.63, 3.8) is 0 Å². The third-order valence-corrected chi connectivity index (χ3v) is 3.41. The van der Waals surface area contributed by atoms with E-state index in [4.69, 9.17) is 10.5 Å². The zero-order valence-corrected chi connectivity index (χ0v) is 10.6. The number of hydrogen-bond donors (Lipinski definition) is 2. The van der Waals surface area contributed by atoms with Crippen molar-refractivity contribution in [2.24, 2.45) is 5.73 Å². The Morgan fingerprint density at radius 2 is 2.11 bits per heavy atom. The van der Waals surface area contributed by atoms with Crippen LogP contribution in [0.1, 0.15) is 44.2 Å². The van der Waals surface area contributed by atoms with E-state index in [-0.39, 0.29) is 18.0 Å². The van der Waals surface area contributed by atoms with Gasteiger partial charge < -0.3 is 15.6 Å². The molecule has 0 aromatic heterocycles. The summed E-state index contributed by atoms with van der Waals surface area (Å²) in [7, 11) is 0. The fourth-order valence-electron chi connectivity index (χ4n) is 2.36. The van der Waals surface area contributed by atoms with Crippen LogP contribution in [0.3, 0.4) is 0 Å². The Bertz CT molecular complexity index is 409. The maximum absolute atomic E-state index is 13.3. The molecule has 0 amide bonds. The number of nitrogens with two attached hydrogens (primary N) is 1. The monoisotopic (exact) mass is 253 g/mol. The molecule has 4 heteroatoms. The fraction of sp³-hybridized carbons (Fsp3) is 0.571. The van der Waals surface area contributed by atoms with Gasteiger partial charge >= 0.3 is 0 Å². The summed E-state index contributed by atoms with van der Waals surface area (Å²) >= 11 is 0. The Hall–Kier alpha value is -1.13. The summed E-state index contributed by atoms with van der Waals surface area (Å²) in [4.78, 5) is 0. The Morgan fingerprint density at radius 1 is 1.39 bits per heavy atom. The van der Waals surface area contributed by atoms with E-state index in [0.717, 1.165) is 31.2 Å². The van der Waals surface area contributed by atoms with Gasteiger partial charge in [0.05, 0.1) is 6.10 Å². The van der Waals surface area contributed by atoms with Gasteiger partial charge in [-0.15, -0.1) is 0 Å². The van der Waals surface area contributed by atoms with Crippen molar-refractivity contribution in [3.8, 4) is 5.75 Å². The summed E-state index contributed by atoms with van der Waals surface area (Å²) in [6.07, 6.45) is 2.87. The van der Waals surface area contributed by atoms with E-state index >= 15 is 0 Å². The van der Waals surface area contributed by atoms with E-state index < -0.39 is 6.10 Å². The molecule has 3 N–H and O–H groups in total. The highest BCUT2D eigenvalue weighted by Gasteiger charge is 2.25. The molecule has 2 rings (SSSR count). The first-order chi connectivity index (χ1) is 8.58. The highest BCUT2D eigenvalue weighted by Crippen LogP contribution is 2.29. The summed E-state index contributed by atoms with van der Waals surface area (Å²) in [5.74, 6) is 0.107. The zero-order valence-electron chi connectivity index (χ0n) is 10.6. The van der Waals surface area contributed by atoms with Crippen LogP contribution >= 0.6 is 0 Å². The number of benzene rings is 1.